The molecule has 21 heavy (non-hydrogen) atoms. The van der Waals surface area contributed by atoms with Crippen molar-refractivity contribution in [2.24, 2.45) is 5.92 Å². The van der Waals surface area contributed by atoms with Gasteiger partial charge in [0.1, 0.15) is 0 Å². The lowest BCUT2D eigenvalue weighted by Gasteiger charge is -2.26. The van der Waals surface area contributed by atoms with Gasteiger partial charge >= 0.3 is 0 Å². The van der Waals surface area contributed by atoms with Gasteiger partial charge < -0.3 is 10.1 Å². The molecule has 0 bridgehead atoms. The summed E-state index contributed by atoms with van der Waals surface area (Å²) in [5.41, 5.74) is 0.744. The van der Waals surface area contributed by atoms with Gasteiger partial charge in [-0.25, -0.2) is 4.39 Å². The van der Waals surface area contributed by atoms with Crippen LogP contribution >= 0.6 is 0 Å². The van der Waals surface area contributed by atoms with E-state index in [1.165, 1.54) is 32.8 Å². The third-order valence-corrected chi connectivity index (χ3v) is 4.51. The summed E-state index contributed by atoms with van der Waals surface area (Å²) in [6.07, 6.45) is 5.15. The first-order chi connectivity index (χ1) is 10.3. The van der Waals surface area contributed by atoms with Crippen LogP contribution in [0.4, 0.5) is 4.39 Å². The average molecular weight is 292 g/mol. The number of methoxy groups -OCH3 is 1. The van der Waals surface area contributed by atoms with Crippen LogP contribution in [0.15, 0.2) is 18.2 Å². The Kier molecular flexibility index (Phi) is 4.76. The van der Waals surface area contributed by atoms with Crippen molar-refractivity contribution in [2.45, 2.75) is 38.3 Å². The molecule has 1 heterocycles. The number of ether oxygens (including phenoxy) is 1. The lowest BCUT2D eigenvalue weighted by molar-refractivity contribution is 0.228. The molecule has 3 nitrogen and oxygen atoms in total. The Morgan fingerprint density at radius 2 is 2.14 bits per heavy atom. The summed E-state index contributed by atoms with van der Waals surface area (Å²) in [5, 5.41) is 3.54. The standard InChI is InChI=1S/C17H25FN2O/c1-21-16-6-2-4-14(17(16)18)11-20(10-13-7-8-13)12-15-5-3-9-19-15/h2,4,6,13,15,19H,3,5,7-12H2,1H3. The van der Waals surface area contributed by atoms with Crippen molar-refractivity contribution < 1.29 is 9.13 Å². The van der Waals surface area contributed by atoms with Crippen molar-refractivity contribution in [3.63, 3.8) is 0 Å². The molecule has 1 saturated carbocycles. The van der Waals surface area contributed by atoms with E-state index in [1.54, 1.807) is 6.07 Å². The molecule has 2 aliphatic rings. The average Bonchev–Trinajstić information content (AvgIpc) is 3.14. The number of hydrogen-bond acceptors (Lipinski definition) is 3. The number of halogens is 1. The van der Waals surface area contributed by atoms with Gasteiger partial charge in [0, 0.05) is 31.2 Å². The molecule has 1 N–H and O–H groups in total. The lowest BCUT2D eigenvalue weighted by Crippen LogP contribution is -2.38. The smallest absolute Gasteiger partial charge is 0.169 e. The summed E-state index contributed by atoms with van der Waals surface area (Å²) in [5.74, 6) is 0.957. The number of benzene rings is 1. The highest BCUT2D eigenvalue weighted by Gasteiger charge is 2.27. The Bertz CT molecular complexity index is 470. The second-order valence-corrected chi connectivity index (χ2v) is 6.36. The molecule has 0 amide bonds. The molecule has 116 valence electrons. The third kappa shape index (κ3) is 3.95. The van der Waals surface area contributed by atoms with E-state index in [0.29, 0.717) is 18.3 Å². The van der Waals surface area contributed by atoms with Crippen LogP contribution in [0.1, 0.15) is 31.2 Å². The molecular formula is C17H25FN2O. The van der Waals surface area contributed by atoms with Crippen LogP contribution in [-0.4, -0.2) is 37.7 Å². The summed E-state index contributed by atoms with van der Waals surface area (Å²) < 4.78 is 19.4. The summed E-state index contributed by atoms with van der Waals surface area (Å²) in [6.45, 7) is 3.91. The van der Waals surface area contributed by atoms with Gasteiger partial charge in [0.25, 0.3) is 0 Å². The quantitative estimate of drug-likeness (QED) is 0.836. The predicted molar refractivity (Wildman–Crippen MR) is 82.0 cm³/mol. The second kappa shape index (κ2) is 6.75. The Labute approximate surface area is 126 Å². The fourth-order valence-electron chi connectivity index (χ4n) is 3.17. The SMILES string of the molecule is COc1cccc(CN(CC2CC2)CC2CCCN2)c1F. The van der Waals surface area contributed by atoms with E-state index >= 15 is 0 Å². The van der Waals surface area contributed by atoms with E-state index in [2.05, 4.69) is 10.2 Å². The monoisotopic (exact) mass is 292 g/mol. The van der Waals surface area contributed by atoms with Gasteiger partial charge in [-0.15, -0.1) is 0 Å². The number of nitrogens with zero attached hydrogens (tertiary/aromatic N) is 1. The highest BCUT2D eigenvalue weighted by atomic mass is 19.1. The van der Waals surface area contributed by atoms with E-state index in [4.69, 9.17) is 4.74 Å². The molecule has 0 aromatic heterocycles. The van der Waals surface area contributed by atoms with Gasteiger partial charge in [-0.2, -0.15) is 0 Å². The Balaban J connectivity index is 1.67. The van der Waals surface area contributed by atoms with Crippen LogP contribution in [0.2, 0.25) is 0 Å². The molecule has 0 spiro atoms. The molecule has 1 unspecified atom stereocenters. The number of nitrogens with one attached hydrogen (secondary N) is 1. The fourth-order valence-corrected chi connectivity index (χ4v) is 3.17. The van der Waals surface area contributed by atoms with Gasteiger partial charge in [0.05, 0.1) is 7.11 Å². The molecule has 1 saturated heterocycles. The van der Waals surface area contributed by atoms with Gasteiger partial charge in [0.2, 0.25) is 0 Å². The molecule has 4 heteroatoms. The van der Waals surface area contributed by atoms with Crippen LogP contribution in [0.25, 0.3) is 0 Å². The minimum Gasteiger partial charge on any atom is -0.494 e. The number of hydrogen-bond donors (Lipinski definition) is 1. The molecule has 2 fully saturated rings. The topological polar surface area (TPSA) is 24.5 Å². The van der Waals surface area contributed by atoms with Crippen LogP contribution in [-0.2, 0) is 6.54 Å². The minimum absolute atomic E-state index is 0.208. The van der Waals surface area contributed by atoms with Gasteiger partial charge in [0.15, 0.2) is 11.6 Å². The highest BCUT2D eigenvalue weighted by molar-refractivity contribution is 5.31. The van der Waals surface area contributed by atoms with Crippen LogP contribution in [0.5, 0.6) is 5.75 Å². The Hall–Kier alpha value is -1.13. The normalized spacial score (nSPS) is 22.0. The Morgan fingerprint density at radius 1 is 1.29 bits per heavy atom. The summed E-state index contributed by atoms with van der Waals surface area (Å²) in [7, 11) is 1.52. The maximum atomic E-state index is 14.3. The van der Waals surface area contributed by atoms with Crippen molar-refractivity contribution in [1.82, 2.24) is 10.2 Å². The minimum atomic E-state index is -0.208. The molecular weight excluding hydrogens is 267 g/mol. The van der Waals surface area contributed by atoms with Crippen molar-refractivity contribution >= 4 is 0 Å². The van der Waals surface area contributed by atoms with Crippen LogP contribution < -0.4 is 10.1 Å². The number of rotatable bonds is 7. The molecule has 3 rings (SSSR count). The van der Waals surface area contributed by atoms with E-state index < -0.39 is 0 Å². The van der Waals surface area contributed by atoms with E-state index in [0.717, 1.165) is 31.1 Å². The fraction of sp³-hybridized carbons (Fsp3) is 0.647. The zero-order valence-corrected chi connectivity index (χ0v) is 12.8. The van der Waals surface area contributed by atoms with Gasteiger partial charge in [-0.05, 0) is 44.2 Å². The van der Waals surface area contributed by atoms with Crippen molar-refractivity contribution in [2.75, 3.05) is 26.7 Å². The molecule has 1 aromatic carbocycles. The Morgan fingerprint density at radius 3 is 2.81 bits per heavy atom. The molecule has 1 atom stereocenters. The maximum Gasteiger partial charge on any atom is 0.169 e. The third-order valence-electron chi connectivity index (χ3n) is 4.51. The molecule has 1 aromatic rings. The first kappa shape index (κ1) is 14.8. The zero-order valence-electron chi connectivity index (χ0n) is 12.8. The zero-order chi connectivity index (χ0) is 14.7. The first-order valence-electron chi connectivity index (χ1n) is 8.03. The molecule has 1 aliphatic carbocycles. The van der Waals surface area contributed by atoms with E-state index in [9.17, 15) is 4.39 Å². The summed E-state index contributed by atoms with van der Waals surface area (Å²) in [6, 6.07) is 6.00. The van der Waals surface area contributed by atoms with E-state index in [-0.39, 0.29) is 5.82 Å². The maximum absolute atomic E-state index is 14.3. The van der Waals surface area contributed by atoms with E-state index in [1.807, 2.05) is 12.1 Å². The van der Waals surface area contributed by atoms with Crippen molar-refractivity contribution in [3.05, 3.63) is 29.6 Å². The van der Waals surface area contributed by atoms with Crippen molar-refractivity contribution in [1.29, 1.82) is 0 Å². The molecule has 1 aliphatic heterocycles. The second-order valence-electron chi connectivity index (χ2n) is 6.36. The van der Waals surface area contributed by atoms with Crippen LogP contribution in [0, 0.1) is 11.7 Å². The first-order valence-corrected chi connectivity index (χ1v) is 8.03. The lowest BCUT2D eigenvalue weighted by atomic mass is 10.1. The highest BCUT2D eigenvalue weighted by Crippen LogP contribution is 2.31. The van der Waals surface area contributed by atoms with Gasteiger partial charge in [-0.3, -0.25) is 4.90 Å². The summed E-state index contributed by atoms with van der Waals surface area (Å²) in [4.78, 5) is 2.42. The predicted octanol–water partition coefficient (Wildman–Crippen LogP) is 2.80. The summed E-state index contributed by atoms with van der Waals surface area (Å²) >= 11 is 0. The molecule has 0 radical (unpaired) electrons. The van der Waals surface area contributed by atoms with Gasteiger partial charge in [-0.1, -0.05) is 12.1 Å². The largest absolute Gasteiger partial charge is 0.494 e. The van der Waals surface area contributed by atoms with Crippen molar-refractivity contribution in [3.8, 4) is 5.75 Å². The van der Waals surface area contributed by atoms with Crippen LogP contribution in [0.3, 0.4) is 0 Å².